The number of rotatable bonds is 2. The van der Waals surface area contributed by atoms with Gasteiger partial charge in [-0.1, -0.05) is 36.4 Å². The third-order valence-corrected chi connectivity index (χ3v) is 6.40. The fraction of sp³-hybridized carbons (Fsp3) is 0.364. The summed E-state index contributed by atoms with van der Waals surface area (Å²) in [5.74, 6) is -0.0182. The van der Waals surface area contributed by atoms with Crippen LogP contribution in [0.15, 0.2) is 48.5 Å². The van der Waals surface area contributed by atoms with E-state index in [1.807, 2.05) is 35.2 Å². The predicted octanol–water partition coefficient (Wildman–Crippen LogP) is 2.62. The molecule has 0 unspecified atom stereocenters. The fourth-order valence-electron chi connectivity index (χ4n) is 4.92. The second kappa shape index (κ2) is 6.07. The first kappa shape index (κ1) is 17.3. The largest absolute Gasteiger partial charge is 0.508 e. The molecular weight excluding hydrogens is 356 g/mol. The molecule has 1 N–H and O–H groups in total. The molecule has 0 radical (unpaired) electrons. The predicted molar refractivity (Wildman–Crippen MR) is 102 cm³/mol. The molecule has 2 aromatic carbocycles. The molecule has 3 atom stereocenters. The molecule has 3 aliphatic rings. The average molecular weight is 378 g/mol. The molecule has 3 heterocycles. The molecule has 3 fully saturated rings. The van der Waals surface area contributed by atoms with Gasteiger partial charge in [0.2, 0.25) is 5.91 Å². The molecule has 144 valence electrons. The summed E-state index contributed by atoms with van der Waals surface area (Å²) in [6, 6.07) is 14.6. The normalized spacial score (nSPS) is 28.5. The average Bonchev–Trinajstić information content (AvgIpc) is 3.33. The number of carbonyl (C=O) groups excluding carboxylic acids is 2. The van der Waals surface area contributed by atoms with Gasteiger partial charge in [0.15, 0.2) is 5.72 Å². The van der Waals surface area contributed by atoms with Crippen LogP contribution < -0.4 is 0 Å². The van der Waals surface area contributed by atoms with Crippen molar-refractivity contribution in [3.05, 3.63) is 65.2 Å². The third-order valence-electron chi connectivity index (χ3n) is 6.40. The lowest BCUT2D eigenvalue weighted by atomic mass is 10.0. The van der Waals surface area contributed by atoms with Crippen molar-refractivity contribution in [2.24, 2.45) is 0 Å². The molecule has 0 aliphatic carbocycles. The molecular formula is C22H22N2O4. The van der Waals surface area contributed by atoms with Crippen LogP contribution in [0.4, 0.5) is 0 Å². The Labute approximate surface area is 163 Å². The molecule has 28 heavy (non-hydrogen) atoms. The zero-order valence-corrected chi connectivity index (χ0v) is 15.7. The highest BCUT2D eigenvalue weighted by atomic mass is 16.5. The van der Waals surface area contributed by atoms with Gasteiger partial charge in [0.05, 0.1) is 19.0 Å². The van der Waals surface area contributed by atoms with E-state index in [2.05, 4.69) is 0 Å². The van der Waals surface area contributed by atoms with E-state index in [0.29, 0.717) is 30.6 Å². The Bertz CT molecular complexity index is 960. The summed E-state index contributed by atoms with van der Waals surface area (Å²) in [6.45, 7) is 2.79. The highest BCUT2D eigenvalue weighted by Gasteiger charge is 2.65. The Hall–Kier alpha value is -2.86. The smallest absolute Gasteiger partial charge is 0.254 e. The minimum Gasteiger partial charge on any atom is -0.508 e. The lowest BCUT2D eigenvalue weighted by Gasteiger charge is -2.32. The van der Waals surface area contributed by atoms with Crippen LogP contribution in [-0.4, -0.2) is 51.6 Å². The molecule has 6 heteroatoms. The Morgan fingerprint density at radius 1 is 1.18 bits per heavy atom. The van der Waals surface area contributed by atoms with Crippen LogP contribution in [0.25, 0.3) is 0 Å². The van der Waals surface area contributed by atoms with E-state index in [4.69, 9.17) is 4.74 Å². The maximum atomic E-state index is 13.2. The van der Waals surface area contributed by atoms with Gasteiger partial charge in [-0.3, -0.25) is 9.59 Å². The molecule has 6 nitrogen and oxygen atoms in total. The molecule has 0 saturated carbocycles. The van der Waals surface area contributed by atoms with Crippen molar-refractivity contribution in [3.8, 4) is 5.75 Å². The Morgan fingerprint density at radius 2 is 1.96 bits per heavy atom. The van der Waals surface area contributed by atoms with Crippen LogP contribution in [0, 0.1) is 6.92 Å². The molecule has 0 aromatic heterocycles. The summed E-state index contributed by atoms with van der Waals surface area (Å²) >= 11 is 0. The number of aromatic hydroxyl groups is 1. The van der Waals surface area contributed by atoms with Gasteiger partial charge in [-0.2, -0.15) is 0 Å². The fourth-order valence-corrected chi connectivity index (χ4v) is 4.92. The molecule has 3 saturated heterocycles. The third kappa shape index (κ3) is 2.31. The van der Waals surface area contributed by atoms with E-state index in [9.17, 15) is 14.7 Å². The monoisotopic (exact) mass is 378 g/mol. The summed E-state index contributed by atoms with van der Waals surface area (Å²) < 4.78 is 6.49. The molecule has 3 aliphatic heterocycles. The number of hydrogen-bond donors (Lipinski definition) is 1. The van der Waals surface area contributed by atoms with Crippen molar-refractivity contribution in [1.29, 1.82) is 0 Å². The van der Waals surface area contributed by atoms with Crippen LogP contribution in [0.3, 0.4) is 0 Å². The van der Waals surface area contributed by atoms with Gasteiger partial charge in [0, 0.05) is 24.1 Å². The summed E-state index contributed by atoms with van der Waals surface area (Å²) in [5, 5.41) is 9.97. The summed E-state index contributed by atoms with van der Waals surface area (Å²) in [6.07, 6.45) is 0.715. The topological polar surface area (TPSA) is 70.1 Å². The van der Waals surface area contributed by atoms with Gasteiger partial charge in [-0.15, -0.1) is 0 Å². The van der Waals surface area contributed by atoms with Crippen LogP contribution in [0.5, 0.6) is 5.75 Å². The SMILES string of the molecule is Cc1c(O)cccc1C(=O)N1CC[C@@]23O[C@@H](c4ccccc4)CN2C(=O)C[C@@H]13. The number of benzene rings is 2. The molecule has 0 bridgehead atoms. The van der Waals surface area contributed by atoms with Gasteiger partial charge in [0.25, 0.3) is 5.91 Å². The maximum absolute atomic E-state index is 13.2. The van der Waals surface area contributed by atoms with Crippen molar-refractivity contribution in [3.63, 3.8) is 0 Å². The Kier molecular flexibility index (Phi) is 3.74. The highest BCUT2D eigenvalue weighted by molar-refractivity contribution is 5.97. The number of hydrogen-bond acceptors (Lipinski definition) is 4. The highest BCUT2D eigenvalue weighted by Crippen LogP contribution is 2.51. The van der Waals surface area contributed by atoms with Crippen molar-refractivity contribution in [2.45, 2.75) is 37.6 Å². The first-order valence-corrected chi connectivity index (χ1v) is 9.64. The zero-order chi connectivity index (χ0) is 19.5. The van der Waals surface area contributed by atoms with Gasteiger partial charge < -0.3 is 19.6 Å². The standard InChI is InChI=1S/C22H22N2O4/c1-14-16(8-5-9-17(14)25)21(27)23-11-10-22-19(23)12-20(26)24(22)13-18(28-22)15-6-3-2-4-7-15/h2-9,18-19,25H,10-13H2,1H3/t18-,19-,22+/m1/s1. The number of phenolic OH excluding ortho intramolecular Hbond substituents is 1. The minimum absolute atomic E-state index is 0.0357. The number of carbonyl (C=O) groups is 2. The van der Waals surface area contributed by atoms with Crippen LogP contribution in [-0.2, 0) is 9.53 Å². The van der Waals surface area contributed by atoms with Crippen LogP contribution in [0.1, 0.15) is 40.4 Å². The van der Waals surface area contributed by atoms with Crippen molar-refractivity contribution in [2.75, 3.05) is 13.1 Å². The molecule has 1 spiro atoms. The van der Waals surface area contributed by atoms with Gasteiger partial charge in [-0.25, -0.2) is 0 Å². The van der Waals surface area contributed by atoms with E-state index >= 15 is 0 Å². The maximum Gasteiger partial charge on any atom is 0.254 e. The summed E-state index contributed by atoms with van der Waals surface area (Å²) in [5.41, 5.74) is 1.34. The summed E-state index contributed by atoms with van der Waals surface area (Å²) in [7, 11) is 0. The summed E-state index contributed by atoms with van der Waals surface area (Å²) in [4.78, 5) is 29.6. The van der Waals surface area contributed by atoms with E-state index in [1.165, 1.54) is 0 Å². The lowest BCUT2D eigenvalue weighted by molar-refractivity contribution is -0.138. The van der Waals surface area contributed by atoms with Crippen molar-refractivity contribution >= 4 is 11.8 Å². The second-order valence-corrected chi connectivity index (χ2v) is 7.78. The second-order valence-electron chi connectivity index (χ2n) is 7.78. The molecule has 2 aromatic rings. The number of amides is 2. The molecule has 5 rings (SSSR count). The van der Waals surface area contributed by atoms with Crippen LogP contribution in [0.2, 0.25) is 0 Å². The van der Waals surface area contributed by atoms with E-state index in [-0.39, 0.29) is 36.1 Å². The van der Waals surface area contributed by atoms with Gasteiger partial charge in [0.1, 0.15) is 11.9 Å². The first-order chi connectivity index (χ1) is 13.5. The quantitative estimate of drug-likeness (QED) is 0.872. The van der Waals surface area contributed by atoms with Crippen LogP contribution >= 0.6 is 0 Å². The van der Waals surface area contributed by atoms with E-state index in [0.717, 1.165) is 5.56 Å². The van der Waals surface area contributed by atoms with Gasteiger partial charge in [-0.05, 0) is 24.6 Å². The number of phenols is 1. The number of nitrogens with zero attached hydrogens (tertiary/aromatic N) is 2. The van der Waals surface area contributed by atoms with Gasteiger partial charge >= 0.3 is 0 Å². The minimum atomic E-state index is -0.738. The van der Waals surface area contributed by atoms with Crippen molar-refractivity contribution in [1.82, 2.24) is 9.80 Å². The van der Waals surface area contributed by atoms with E-state index < -0.39 is 5.72 Å². The first-order valence-electron chi connectivity index (χ1n) is 9.64. The Balaban J connectivity index is 1.46. The molecule has 2 amide bonds. The van der Waals surface area contributed by atoms with Crippen molar-refractivity contribution < 1.29 is 19.4 Å². The Morgan fingerprint density at radius 3 is 2.75 bits per heavy atom. The zero-order valence-electron chi connectivity index (χ0n) is 15.7. The van der Waals surface area contributed by atoms with E-state index in [1.54, 1.807) is 30.0 Å². The number of likely N-dealkylation sites (tertiary alicyclic amines) is 1. The lowest BCUT2D eigenvalue weighted by Crippen LogP contribution is -2.48. The number of ether oxygens (including phenoxy) is 1.